The van der Waals surface area contributed by atoms with Crippen LogP contribution in [0.4, 0.5) is 11.4 Å². The maximum atomic E-state index is 14.4. The van der Waals surface area contributed by atoms with Gasteiger partial charge in [0.25, 0.3) is 5.91 Å². The molecule has 9 heteroatoms. The largest absolute Gasteiger partial charge is 0.497 e. The molecule has 2 saturated heterocycles. The van der Waals surface area contributed by atoms with Crippen molar-refractivity contribution in [3.05, 3.63) is 78.9 Å². The van der Waals surface area contributed by atoms with Gasteiger partial charge < -0.3 is 29.3 Å². The molecule has 3 amide bonds. The summed E-state index contributed by atoms with van der Waals surface area (Å²) in [5, 5.41) is 9.40. The maximum absolute atomic E-state index is 14.4. The molecular weight excluding hydrogens is 510 g/mol. The molecule has 0 radical (unpaired) electrons. The zero-order valence-corrected chi connectivity index (χ0v) is 22.4. The number of hydrogen-bond acceptors (Lipinski definition) is 6. The molecule has 0 aromatic heterocycles. The molecule has 4 aliphatic rings. The Kier molecular flexibility index (Phi) is 6.93. The van der Waals surface area contributed by atoms with Crippen LogP contribution in [0.3, 0.4) is 0 Å². The molecule has 4 heterocycles. The summed E-state index contributed by atoms with van der Waals surface area (Å²) in [6, 6.07) is 15.7. The Labute approximate surface area is 233 Å². The number of aliphatic hydroxyl groups is 1. The first-order valence-corrected chi connectivity index (χ1v) is 13.8. The van der Waals surface area contributed by atoms with Gasteiger partial charge in [0.1, 0.15) is 17.4 Å². The van der Waals surface area contributed by atoms with Crippen molar-refractivity contribution < 1.29 is 29.0 Å². The maximum Gasteiger partial charge on any atom is 0.253 e. The minimum Gasteiger partial charge on any atom is -0.497 e. The molecule has 0 bridgehead atoms. The first-order valence-electron chi connectivity index (χ1n) is 13.8. The molecular formula is C31H33N3O6. The van der Waals surface area contributed by atoms with E-state index in [1.807, 2.05) is 66.8 Å². The van der Waals surface area contributed by atoms with E-state index < -0.39 is 29.6 Å². The number of methoxy groups -OCH3 is 1. The summed E-state index contributed by atoms with van der Waals surface area (Å²) in [7, 11) is 1.58. The molecule has 1 spiro atoms. The van der Waals surface area contributed by atoms with E-state index in [2.05, 4.69) is 0 Å². The van der Waals surface area contributed by atoms with Gasteiger partial charge in [0.15, 0.2) is 0 Å². The van der Waals surface area contributed by atoms with Crippen molar-refractivity contribution in [2.24, 2.45) is 11.8 Å². The highest BCUT2D eigenvalue weighted by atomic mass is 16.5. The van der Waals surface area contributed by atoms with E-state index >= 15 is 0 Å². The fourth-order valence-electron chi connectivity index (χ4n) is 6.60. The van der Waals surface area contributed by atoms with Gasteiger partial charge in [0.2, 0.25) is 11.8 Å². The van der Waals surface area contributed by atoms with Crippen molar-refractivity contribution in [1.29, 1.82) is 0 Å². The van der Waals surface area contributed by atoms with E-state index in [-0.39, 0.29) is 30.9 Å². The highest BCUT2D eigenvalue weighted by Gasteiger charge is 2.71. The first-order chi connectivity index (χ1) is 19.5. The van der Waals surface area contributed by atoms with Crippen LogP contribution in [0.15, 0.2) is 78.9 Å². The Balaban J connectivity index is 1.41. The number of aliphatic hydroxyl groups excluding tert-OH is 1. The van der Waals surface area contributed by atoms with E-state index in [4.69, 9.17) is 9.47 Å². The third kappa shape index (κ3) is 4.12. The van der Waals surface area contributed by atoms with Crippen molar-refractivity contribution in [3.63, 3.8) is 0 Å². The van der Waals surface area contributed by atoms with Crippen molar-refractivity contribution in [2.45, 2.75) is 30.6 Å². The van der Waals surface area contributed by atoms with Gasteiger partial charge in [-0.15, -0.1) is 0 Å². The number of ether oxygens (including phenoxy) is 2. The summed E-state index contributed by atoms with van der Waals surface area (Å²) in [5.41, 5.74) is 0.139. The zero-order chi connectivity index (χ0) is 27.9. The summed E-state index contributed by atoms with van der Waals surface area (Å²) in [6.07, 6.45) is 7.86. The number of para-hydroxylation sites is 1. The van der Waals surface area contributed by atoms with Crippen LogP contribution in [0, 0.1) is 11.8 Å². The Morgan fingerprint density at radius 2 is 1.60 bits per heavy atom. The fourth-order valence-corrected chi connectivity index (χ4v) is 6.60. The topological polar surface area (TPSA) is 99.6 Å². The zero-order valence-electron chi connectivity index (χ0n) is 22.4. The van der Waals surface area contributed by atoms with E-state index in [1.54, 1.807) is 33.9 Å². The molecule has 5 atom stereocenters. The predicted molar refractivity (Wildman–Crippen MR) is 149 cm³/mol. The number of anilines is 2. The van der Waals surface area contributed by atoms with E-state index in [0.717, 1.165) is 5.69 Å². The minimum atomic E-state index is -1.29. The van der Waals surface area contributed by atoms with Crippen LogP contribution in [0.25, 0.3) is 0 Å². The molecule has 40 heavy (non-hydrogen) atoms. The standard InChI is InChI=1S/C31H33N3O6/c1-39-23-14-12-22(13-15-23)33-19-8-16-31-26(29(37)34(17-5-6-20-35)27(31)30(33)38)25-24(40-31)11-7-18-32(28(25)36)21-9-3-2-4-10-21/h2-4,7-16,24-27,35H,5-6,17-20H2,1H3/t24-,25+,26-,27?,31-/m0/s1. The first kappa shape index (κ1) is 26.3. The number of benzene rings is 2. The van der Waals surface area contributed by atoms with Crippen LogP contribution in [-0.2, 0) is 19.1 Å². The second-order valence-electron chi connectivity index (χ2n) is 10.6. The summed E-state index contributed by atoms with van der Waals surface area (Å²) in [4.78, 5) is 47.7. The number of likely N-dealkylation sites (tertiary alicyclic amines) is 1. The lowest BCUT2D eigenvalue weighted by Gasteiger charge is -2.35. The summed E-state index contributed by atoms with van der Waals surface area (Å²) in [5.74, 6) is -1.67. The highest BCUT2D eigenvalue weighted by molar-refractivity contribution is 6.07. The Bertz CT molecular complexity index is 1340. The number of nitrogens with zero attached hydrogens (tertiary/aromatic N) is 3. The monoisotopic (exact) mass is 543 g/mol. The number of unbranched alkanes of at least 4 members (excludes halogenated alkanes) is 1. The fraction of sp³-hybridized carbons (Fsp3) is 0.387. The number of carbonyl (C=O) groups excluding carboxylic acids is 3. The molecule has 6 rings (SSSR count). The third-order valence-electron chi connectivity index (χ3n) is 8.42. The summed E-state index contributed by atoms with van der Waals surface area (Å²) in [6.45, 7) is 0.944. The normalized spacial score (nSPS) is 29.2. The van der Waals surface area contributed by atoms with Crippen molar-refractivity contribution in [2.75, 3.05) is 43.2 Å². The number of amides is 3. The van der Waals surface area contributed by atoms with Gasteiger partial charge in [0, 0.05) is 37.6 Å². The number of rotatable bonds is 7. The molecule has 0 aliphatic carbocycles. The van der Waals surface area contributed by atoms with Gasteiger partial charge >= 0.3 is 0 Å². The molecule has 1 N–H and O–H groups in total. The summed E-state index contributed by atoms with van der Waals surface area (Å²) >= 11 is 0. The molecule has 4 aliphatic heterocycles. The van der Waals surface area contributed by atoms with Gasteiger partial charge in [-0.3, -0.25) is 14.4 Å². The van der Waals surface area contributed by atoms with Gasteiger partial charge in [0.05, 0.1) is 25.0 Å². The Morgan fingerprint density at radius 3 is 2.33 bits per heavy atom. The van der Waals surface area contributed by atoms with Crippen molar-refractivity contribution in [3.8, 4) is 5.75 Å². The number of carbonyl (C=O) groups is 3. The molecule has 9 nitrogen and oxygen atoms in total. The van der Waals surface area contributed by atoms with Crippen LogP contribution < -0.4 is 14.5 Å². The highest BCUT2D eigenvalue weighted by Crippen LogP contribution is 2.53. The summed E-state index contributed by atoms with van der Waals surface area (Å²) < 4.78 is 12.0. The van der Waals surface area contributed by atoms with Gasteiger partial charge in [-0.25, -0.2) is 0 Å². The van der Waals surface area contributed by atoms with Crippen LogP contribution >= 0.6 is 0 Å². The predicted octanol–water partition coefficient (Wildman–Crippen LogP) is 2.55. The SMILES string of the molecule is COc1ccc(N2CC=C[C@]34O[C@H]5C=CCN(c6ccccc6)C(=O)[C@H]5[C@H]3C(=O)N(CCCCO)C4C2=O)cc1. The number of hydrogen-bond donors (Lipinski definition) is 1. The lowest BCUT2D eigenvalue weighted by molar-refractivity contribution is -0.140. The van der Waals surface area contributed by atoms with Gasteiger partial charge in [-0.05, 0) is 49.2 Å². The molecule has 1 unspecified atom stereocenters. The van der Waals surface area contributed by atoms with Crippen molar-refractivity contribution >= 4 is 29.1 Å². The van der Waals surface area contributed by atoms with Crippen LogP contribution in [0.1, 0.15) is 12.8 Å². The third-order valence-corrected chi connectivity index (χ3v) is 8.42. The molecule has 2 fully saturated rings. The van der Waals surface area contributed by atoms with Crippen molar-refractivity contribution in [1.82, 2.24) is 4.90 Å². The van der Waals surface area contributed by atoms with Crippen LogP contribution in [-0.4, -0.2) is 78.8 Å². The quantitative estimate of drug-likeness (QED) is 0.426. The lowest BCUT2D eigenvalue weighted by Crippen LogP contribution is -2.55. The van der Waals surface area contributed by atoms with E-state index in [9.17, 15) is 19.5 Å². The average Bonchev–Trinajstić information content (AvgIpc) is 3.28. The van der Waals surface area contributed by atoms with Gasteiger partial charge in [-0.2, -0.15) is 0 Å². The Morgan fingerprint density at radius 1 is 0.900 bits per heavy atom. The lowest BCUT2D eigenvalue weighted by atomic mass is 9.77. The average molecular weight is 544 g/mol. The van der Waals surface area contributed by atoms with E-state index in [1.165, 1.54) is 0 Å². The Hall–Kier alpha value is -3.95. The van der Waals surface area contributed by atoms with Crippen LogP contribution in [0.5, 0.6) is 5.75 Å². The molecule has 208 valence electrons. The minimum absolute atomic E-state index is 0.0103. The molecule has 2 aromatic rings. The second-order valence-corrected chi connectivity index (χ2v) is 10.6. The second kappa shape index (κ2) is 10.6. The molecule has 2 aromatic carbocycles. The smallest absolute Gasteiger partial charge is 0.253 e. The molecule has 0 saturated carbocycles. The van der Waals surface area contributed by atoms with E-state index in [0.29, 0.717) is 37.4 Å². The van der Waals surface area contributed by atoms with Crippen LogP contribution in [0.2, 0.25) is 0 Å². The number of fused-ring (bicyclic) bond motifs is 2. The van der Waals surface area contributed by atoms with Gasteiger partial charge in [-0.1, -0.05) is 42.5 Å².